The van der Waals surface area contributed by atoms with Crippen molar-refractivity contribution in [1.29, 1.82) is 0 Å². The molecule has 28 heavy (non-hydrogen) atoms. The van der Waals surface area contributed by atoms with Crippen molar-refractivity contribution in [2.24, 2.45) is 0 Å². The summed E-state index contributed by atoms with van der Waals surface area (Å²) in [7, 11) is 0. The van der Waals surface area contributed by atoms with Crippen molar-refractivity contribution >= 4 is 21.5 Å². The topological polar surface area (TPSA) is 9.23 Å². The summed E-state index contributed by atoms with van der Waals surface area (Å²) in [6, 6.07) is 28.1. The van der Waals surface area contributed by atoms with Crippen molar-refractivity contribution in [3.8, 4) is 16.9 Å². The molecule has 0 saturated carbocycles. The molecular weight excluding hydrogens is 340 g/mol. The van der Waals surface area contributed by atoms with Gasteiger partial charge in [0.25, 0.3) is 0 Å². The number of benzene rings is 4. The molecular formula is C27H28O. The lowest BCUT2D eigenvalue weighted by atomic mass is 9.97. The molecule has 0 aliphatic rings. The fourth-order valence-electron chi connectivity index (χ4n) is 3.87. The Morgan fingerprint density at radius 2 is 1.36 bits per heavy atom. The van der Waals surface area contributed by atoms with Crippen molar-refractivity contribution in [2.75, 3.05) is 6.61 Å². The largest absolute Gasteiger partial charge is 0.492 e. The Morgan fingerprint density at radius 1 is 0.643 bits per heavy atom. The summed E-state index contributed by atoms with van der Waals surface area (Å²) in [6.45, 7) is 3.03. The summed E-state index contributed by atoms with van der Waals surface area (Å²) in [5.41, 5.74) is 2.38. The van der Waals surface area contributed by atoms with E-state index in [-0.39, 0.29) is 0 Å². The molecule has 4 rings (SSSR count). The molecule has 0 unspecified atom stereocenters. The zero-order valence-corrected chi connectivity index (χ0v) is 16.7. The third-order valence-corrected chi connectivity index (χ3v) is 5.42. The lowest BCUT2D eigenvalue weighted by Crippen LogP contribution is -2.00. The van der Waals surface area contributed by atoms with Crippen LogP contribution in [0.15, 0.2) is 78.9 Å². The van der Waals surface area contributed by atoms with Crippen LogP contribution in [0.1, 0.15) is 39.0 Å². The molecule has 0 spiro atoms. The van der Waals surface area contributed by atoms with Gasteiger partial charge in [0.15, 0.2) is 0 Å². The molecule has 0 radical (unpaired) electrons. The quantitative estimate of drug-likeness (QED) is 0.226. The number of ether oxygens (including phenoxy) is 1. The van der Waals surface area contributed by atoms with Gasteiger partial charge in [0.1, 0.15) is 5.75 Å². The fourth-order valence-corrected chi connectivity index (χ4v) is 3.87. The van der Waals surface area contributed by atoms with E-state index in [2.05, 4.69) is 85.8 Å². The second-order valence-corrected chi connectivity index (χ2v) is 7.49. The molecule has 0 aliphatic heterocycles. The van der Waals surface area contributed by atoms with Crippen LogP contribution in [-0.2, 0) is 0 Å². The molecule has 142 valence electrons. The first-order valence-corrected chi connectivity index (χ1v) is 10.5. The Labute approximate surface area is 168 Å². The number of unbranched alkanes of at least 4 members (excludes halogenated alkanes) is 4. The lowest BCUT2D eigenvalue weighted by molar-refractivity contribution is 0.309. The highest BCUT2D eigenvalue weighted by Crippen LogP contribution is 2.38. The lowest BCUT2D eigenvalue weighted by Gasteiger charge is -2.16. The first-order valence-electron chi connectivity index (χ1n) is 10.5. The van der Waals surface area contributed by atoms with E-state index >= 15 is 0 Å². The third-order valence-electron chi connectivity index (χ3n) is 5.42. The van der Waals surface area contributed by atoms with Crippen LogP contribution in [0.2, 0.25) is 0 Å². The molecule has 4 aromatic rings. The zero-order chi connectivity index (χ0) is 19.2. The van der Waals surface area contributed by atoms with Gasteiger partial charge in [0.05, 0.1) is 6.61 Å². The van der Waals surface area contributed by atoms with Gasteiger partial charge in [-0.3, -0.25) is 0 Å². The van der Waals surface area contributed by atoms with Gasteiger partial charge >= 0.3 is 0 Å². The predicted molar refractivity (Wildman–Crippen MR) is 121 cm³/mol. The SMILES string of the molecule is CCCCCCCOc1c(-c2ccccc2)ccc2cc3ccccc3cc12. The van der Waals surface area contributed by atoms with E-state index in [1.54, 1.807) is 0 Å². The Morgan fingerprint density at radius 3 is 2.14 bits per heavy atom. The molecule has 0 heterocycles. The van der Waals surface area contributed by atoms with E-state index in [9.17, 15) is 0 Å². The molecule has 0 atom stereocenters. The van der Waals surface area contributed by atoms with Gasteiger partial charge < -0.3 is 4.74 Å². The summed E-state index contributed by atoms with van der Waals surface area (Å²) in [6.07, 6.45) is 6.23. The van der Waals surface area contributed by atoms with E-state index in [4.69, 9.17) is 4.74 Å². The Balaban J connectivity index is 1.73. The molecule has 0 N–H and O–H groups in total. The molecule has 0 amide bonds. The zero-order valence-electron chi connectivity index (χ0n) is 16.7. The standard InChI is InChI=1S/C27H28O/c1-2-3-4-5-11-18-28-27-25(21-12-7-6-8-13-21)17-16-24-19-22-14-9-10-15-23(22)20-26(24)27/h6-10,12-17,19-20H,2-5,11,18H2,1H3. The van der Waals surface area contributed by atoms with Crippen molar-refractivity contribution in [3.63, 3.8) is 0 Å². The molecule has 4 aromatic carbocycles. The minimum atomic E-state index is 0.773. The number of hydrogen-bond acceptors (Lipinski definition) is 1. The molecule has 0 saturated heterocycles. The van der Waals surface area contributed by atoms with E-state index in [1.165, 1.54) is 58.4 Å². The summed E-state index contributed by atoms with van der Waals surface area (Å²) >= 11 is 0. The van der Waals surface area contributed by atoms with Gasteiger partial charge in [-0.15, -0.1) is 0 Å². The maximum absolute atomic E-state index is 6.43. The smallest absolute Gasteiger partial charge is 0.134 e. The van der Waals surface area contributed by atoms with Gasteiger partial charge in [-0.1, -0.05) is 99.3 Å². The first kappa shape index (κ1) is 18.6. The van der Waals surface area contributed by atoms with Gasteiger partial charge in [0.2, 0.25) is 0 Å². The molecule has 0 bridgehead atoms. The molecule has 0 aliphatic carbocycles. The summed E-state index contributed by atoms with van der Waals surface area (Å²) in [5.74, 6) is 1.02. The molecule has 1 nitrogen and oxygen atoms in total. The highest BCUT2D eigenvalue weighted by Gasteiger charge is 2.12. The average molecular weight is 369 g/mol. The monoisotopic (exact) mass is 368 g/mol. The minimum absolute atomic E-state index is 0.773. The summed E-state index contributed by atoms with van der Waals surface area (Å²) in [5, 5.41) is 4.97. The Bertz CT molecular complexity index is 1050. The van der Waals surface area contributed by atoms with Gasteiger partial charge in [-0.05, 0) is 40.3 Å². The number of hydrogen-bond donors (Lipinski definition) is 0. The fraction of sp³-hybridized carbons (Fsp3) is 0.259. The van der Waals surface area contributed by atoms with Crippen molar-refractivity contribution in [2.45, 2.75) is 39.0 Å². The van der Waals surface area contributed by atoms with Gasteiger partial charge in [-0.25, -0.2) is 0 Å². The maximum Gasteiger partial charge on any atom is 0.134 e. The van der Waals surface area contributed by atoms with Crippen LogP contribution < -0.4 is 4.74 Å². The van der Waals surface area contributed by atoms with Crippen LogP contribution in [0, 0.1) is 0 Å². The second-order valence-electron chi connectivity index (χ2n) is 7.49. The van der Waals surface area contributed by atoms with Crippen molar-refractivity contribution in [1.82, 2.24) is 0 Å². The van der Waals surface area contributed by atoms with E-state index in [0.29, 0.717) is 0 Å². The minimum Gasteiger partial charge on any atom is -0.492 e. The van der Waals surface area contributed by atoms with Crippen molar-refractivity contribution in [3.05, 3.63) is 78.9 Å². The van der Waals surface area contributed by atoms with E-state index < -0.39 is 0 Å². The Hall–Kier alpha value is -2.80. The highest BCUT2D eigenvalue weighted by atomic mass is 16.5. The highest BCUT2D eigenvalue weighted by molar-refractivity contribution is 6.03. The number of rotatable bonds is 8. The normalized spacial score (nSPS) is 11.2. The molecule has 1 heteroatoms. The second kappa shape index (κ2) is 8.93. The van der Waals surface area contributed by atoms with Crippen LogP contribution in [0.4, 0.5) is 0 Å². The predicted octanol–water partition coefficient (Wildman–Crippen LogP) is 8.01. The first-order chi connectivity index (χ1) is 13.9. The Kier molecular flexibility index (Phi) is 5.92. The van der Waals surface area contributed by atoms with Crippen LogP contribution in [0.25, 0.3) is 32.7 Å². The third kappa shape index (κ3) is 4.04. The molecule has 0 fully saturated rings. The average Bonchev–Trinajstić information content (AvgIpc) is 2.75. The van der Waals surface area contributed by atoms with E-state index in [1.807, 2.05) is 0 Å². The summed E-state index contributed by atoms with van der Waals surface area (Å²) < 4.78 is 6.43. The number of fused-ring (bicyclic) bond motifs is 2. The van der Waals surface area contributed by atoms with Gasteiger partial charge in [0, 0.05) is 10.9 Å². The van der Waals surface area contributed by atoms with Crippen LogP contribution in [0.5, 0.6) is 5.75 Å². The van der Waals surface area contributed by atoms with Crippen LogP contribution in [0.3, 0.4) is 0 Å². The van der Waals surface area contributed by atoms with Crippen LogP contribution >= 0.6 is 0 Å². The van der Waals surface area contributed by atoms with Crippen molar-refractivity contribution < 1.29 is 4.74 Å². The maximum atomic E-state index is 6.43. The van der Waals surface area contributed by atoms with E-state index in [0.717, 1.165) is 18.8 Å². The van der Waals surface area contributed by atoms with Crippen LogP contribution in [-0.4, -0.2) is 6.61 Å². The summed E-state index contributed by atoms with van der Waals surface area (Å²) in [4.78, 5) is 0. The molecule has 0 aromatic heterocycles. The van der Waals surface area contributed by atoms with Gasteiger partial charge in [-0.2, -0.15) is 0 Å².